The lowest BCUT2D eigenvalue weighted by atomic mass is 10.0. The van der Waals surface area contributed by atoms with E-state index in [-0.39, 0.29) is 11.3 Å². The van der Waals surface area contributed by atoms with E-state index in [4.69, 9.17) is 22.4 Å². The van der Waals surface area contributed by atoms with Crippen molar-refractivity contribution >= 4 is 33.0 Å². The second-order valence-electron chi connectivity index (χ2n) is 3.98. The zero-order valence-corrected chi connectivity index (χ0v) is 10.7. The number of hydrogen-bond donors (Lipinski definition) is 2. The van der Waals surface area contributed by atoms with Gasteiger partial charge in [0, 0.05) is 10.4 Å². The van der Waals surface area contributed by atoms with Gasteiger partial charge in [-0.3, -0.25) is 4.79 Å². The van der Waals surface area contributed by atoms with Crippen LogP contribution < -0.4 is 5.73 Å². The predicted octanol–water partition coefficient (Wildman–Crippen LogP) is 1.27. The van der Waals surface area contributed by atoms with Gasteiger partial charge in [-0.15, -0.1) is 0 Å². The molecule has 1 unspecified atom stereocenters. The van der Waals surface area contributed by atoms with E-state index in [1.807, 2.05) is 0 Å². The van der Waals surface area contributed by atoms with Gasteiger partial charge in [-0.05, 0) is 35.8 Å². The van der Waals surface area contributed by atoms with Gasteiger partial charge in [0.15, 0.2) is 0 Å². The Hall–Kier alpha value is -1.37. The summed E-state index contributed by atoms with van der Waals surface area (Å²) in [6.45, 7) is 0. The van der Waals surface area contributed by atoms with Crippen molar-refractivity contribution in [3.63, 3.8) is 0 Å². The molecule has 0 fully saturated rings. The largest absolute Gasteiger partial charge is 0.480 e. The molecule has 0 saturated carbocycles. The number of carboxylic acids is 1. The number of aliphatic carboxylic acids is 1. The van der Waals surface area contributed by atoms with Crippen molar-refractivity contribution in [1.29, 1.82) is 0 Å². The predicted molar refractivity (Wildman–Crippen MR) is 66.8 cm³/mol. The molecular formula is C11H10ClNO4S. The third kappa shape index (κ3) is 2.27. The highest BCUT2D eigenvalue weighted by Crippen LogP contribution is 2.37. The first-order valence-electron chi connectivity index (χ1n) is 5.05. The third-order valence-corrected chi connectivity index (χ3v) is 4.45. The van der Waals surface area contributed by atoms with Crippen molar-refractivity contribution in [1.82, 2.24) is 0 Å². The van der Waals surface area contributed by atoms with Crippen LogP contribution in [-0.2, 0) is 14.6 Å². The first-order valence-corrected chi connectivity index (χ1v) is 6.97. The third-order valence-electron chi connectivity index (χ3n) is 2.65. The molecule has 0 amide bonds. The van der Waals surface area contributed by atoms with Gasteiger partial charge in [0.2, 0.25) is 9.84 Å². The van der Waals surface area contributed by atoms with Crippen LogP contribution in [0.3, 0.4) is 0 Å². The van der Waals surface area contributed by atoms with E-state index in [1.165, 1.54) is 18.2 Å². The van der Waals surface area contributed by atoms with E-state index in [0.717, 1.165) is 5.41 Å². The second kappa shape index (κ2) is 4.38. The Kier molecular flexibility index (Phi) is 3.18. The van der Waals surface area contributed by atoms with Crippen LogP contribution in [0.2, 0.25) is 5.02 Å². The van der Waals surface area contributed by atoms with Crippen LogP contribution >= 0.6 is 11.6 Å². The van der Waals surface area contributed by atoms with Crippen molar-refractivity contribution in [2.24, 2.45) is 5.73 Å². The summed E-state index contributed by atoms with van der Waals surface area (Å²) < 4.78 is 23.6. The second-order valence-corrected chi connectivity index (χ2v) is 6.18. The van der Waals surface area contributed by atoms with Crippen LogP contribution in [0.25, 0.3) is 5.57 Å². The lowest BCUT2D eigenvalue weighted by molar-refractivity contribution is -0.138. The fourth-order valence-corrected chi connectivity index (χ4v) is 3.45. The number of sulfone groups is 1. The highest BCUT2D eigenvalue weighted by Gasteiger charge is 2.29. The number of benzene rings is 1. The number of fused-ring (bicyclic) bond motifs is 1. The van der Waals surface area contributed by atoms with Gasteiger partial charge in [-0.1, -0.05) is 11.6 Å². The van der Waals surface area contributed by atoms with Gasteiger partial charge in [0.25, 0.3) is 0 Å². The first-order chi connectivity index (χ1) is 8.31. The van der Waals surface area contributed by atoms with Gasteiger partial charge >= 0.3 is 5.97 Å². The summed E-state index contributed by atoms with van der Waals surface area (Å²) in [5, 5.41) is 10.2. The summed E-state index contributed by atoms with van der Waals surface area (Å²) in [7, 11) is -3.51. The monoisotopic (exact) mass is 287 g/mol. The molecule has 96 valence electrons. The molecule has 0 radical (unpaired) electrons. The Morgan fingerprint density at radius 1 is 1.44 bits per heavy atom. The van der Waals surface area contributed by atoms with E-state index in [0.29, 0.717) is 16.2 Å². The molecule has 5 nitrogen and oxygen atoms in total. The Labute approximate surface area is 109 Å². The first kappa shape index (κ1) is 13.1. The van der Waals surface area contributed by atoms with Crippen LogP contribution in [0.4, 0.5) is 0 Å². The summed E-state index contributed by atoms with van der Waals surface area (Å²) in [5.74, 6) is -1.18. The number of hydrogen-bond acceptors (Lipinski definition) is 4. The topological polar surface area (TPSA) is 97.5 Å². The molecule has 1 aromatic rings. The van der Waals surface area contributed by atoms with E-state index < -0.39 is 21.8 Å². The van der Waals surface area contributed by atoms with E-state index in [1.54, 1.807) is 0 Å². The lowest BCUT2D eigenvalue weighted by Crippen LogP contribution is -2.30. The molecule has 0 spiro atoms. The van der Waals surface area contributed by atoms with E-state index >= 15 is 0 Å². The quantitative estimate of drug-likeness (QED) is 0.872. The SMILES string of the molecule is NC(CC1=CS(=O)(=O)c2ccc(Cl)cc21)C(=O)O. The summed E-state index contributed by atoms with van der Waals surface area (Å²) in [6, 6.07) is 3.24. The maximum absolute atomic E-state index is 11.8. The molecule has 0 bridgehead atoms. The minimum atomic E-state index is -3.51. The maximum atomic E-state index is 11.8. The molecule has 1 heterocycles. The number of rotatable bonds is 3. The van der Waals surface area contributed by atoms with Crippen LogP contribution in [0.1, 0.15) is 12.0 Å². The molecule has 7 heteroatoms. The summed E-state index contributed by atoms with van der Waals surface area (Å²) in [5.41, 5.74) is 6.22. The Morgan fingerprint density at radius 3 is 2.72 bits per heavy atom. The lowest BCUT2D eigenvalue weighted by Gasteiger charge is -2.08. The fraction of sp³-hybridized carbons (Fsp3) is 0.182. The number of halogens is 1. The zero-order chi connectivity index (χ0) is 13.5. The number of carbonyl (C=O) groups is 1. The van der Waals surface area contributed by atoms with Crippen molar-refractivity contribution in [2.75, 3.05) is 0 Å². The van der Waals surface area contributed by atoms with Gasteiger partial charge < -0.3 is 10.8 Å². The van der Waals surface area contributed by atoms with Crippen molar-refractivity contribution in [3.05, 3.63) is 34.2 Å². The fourth-order valence-electron chi connectivity index (χ4n) is 1.80. The summed E-state index contributed by atoms with van der Waals surface area (Å²) in [6.07, 6.45) is -0.0537. The molecule has 1 aliphatic heterocycles. The van der Waals surface area contributed by atoms with Crippen molar-refractivity contribution in [3.8, 4) is 0 Å². The summed E-state index contributed by atoms with van der Waals surface area (Å²) >= 11 is 5.81. The number of carboxylic acid groups (broad SMARTS) is 1. The Bertz CT molecular complexity index is 651. The van der Waals surface area contributed by atoms with Gasteiger partial charge in [-0.2, -0.15) is 0 Å². The Balaban J connectivity index is 2.47. The maximum Gasteiger partial charge on any atom is 0.320 e. The molecule has 1 aliphatic rings. The van der Waals surface area contributed by atoms with Crippen molar-refractivity contribution in [2.45, 2.75) is 17.4 Å². The highest BCUT2D eigenvalue weighted by molar-refractivity contribution is 7.95. The molecular weight excluding hydrogens is 278 g/mol. The minimum absolute atomic E-state index is 0.0537. The van der Waals surface area contributed by atoms with Crippen molar-refractivity contribution < 1.29 is 18.3 Å². The average molecular weight is 288 g/mol. The standard InChI is InChI=1S/C11H10ClNO4S/c12-7-1-2-10-8(4-7)6(5-18(10,16)17)3-9(13)11(14)15/h1-2,4-5,9H,3,13H2,(H,14,15). The van der Waals surface area contributed by atoms with Gasteiger partial charge in [0.1, 0.15) is 6.04 Å². The molecule has 3 N–H and O–H groups in total. The molecule has 1 atom stereocenters. The molecule has 0 saturated heterocycles. The average Bonchev–Trinajstić information content (AvgIpc) is 2.50. The Morgan fingerprint density at radius 2 is 2.11 bits per heavy atom. The zero-order valence-electron chi connectivity index (χ0n) is 9.13. The van der Waals surface area contributed by atoms with Crippen LogP contribution in [0, 0.1) is 0 Å². The van der Waals surface area contributed by atoms with Gasteiger partial charge in [0.05, 0.1) is 4.90 Å². The molecule has 1 aromatic carbocycles. The van der Waals surface area contributed by atoms with Gasteiger partial charge in [-0.25, -0.2) is 8.42 Å². The normalized spacial score (nSPS) is 18.0. The highest BCUT2D eigenvalue weighted by atomic mass is 35.5. The molecule has 2 rings (SSSR count). The minimum Gasteiger partial charge on any atom is -0.480 e. The summed E-state index contributed by atoms with van der Waals surface area (Å²) in [4.78, 5) is 10.8. The van der Waals surface area contributed by atoms with E-state index in [2.05, 4.69) is 0 Å². The molecule has 0 aliphatic carbocycles. The van der Waals surface area contributed by atoms with Crippen LogP contribution in [-0.4, -0.2) is 25.5 Å². The van der Waals surface area contributed by atoms with Crippen LogP contribution in [0.5, 0.6) is 0 Å². The molecule has 0 aromatic heterocycles. The number of nitrogens with two attached hydrogens (primary N) is 1. The van der Waals surface area contributed by atoms with Crippen LogP contribution in [0.15, 0.2) is 28.5 Å². The van der Waals surface area contributed by atoms with E-state index in [9.17, 15) is 13.2 Å². The molecule has 18 heavy (non-hydrogen) atoms. The smallest absolute Gasteiger partial charge is 0.320 e.